The average Bonchev–Trinajstić information content (AvgIpc) is 3.27. The predicted molar refractivity (Wildman–Crippen MR) is 97.3 cm³/mol. The summed E-state index contributed by atoms with van der Waals surface area (Å²) in [7, 11) is 1.25. The molecule has 0 aromatic rings. The van der Waals surface area contributed by atoms with Crippen molar-refractivity contribution in [1.29, 1.82) is 0 Å². The topological polar surface area (TPSA) is 153 Å². The molecular formula is C19H28O11. The molecule has 3 heterocycles. The number of hydrogen-bond donors (Lipinski definition) is 4. The van der Waals surface area contributed by atoms with Crippen molar-refractivity contribution in [3.63, 3.8) is 0 Å². The van der Waals surface area contributed by atoms with Gasteiger partial charge in [-0.15, -0.1) is 6.58 Å². The van der Waals surface area contributed by atoms with Gasteiger partial charge in [0.1, 0.15) is 24.4 Å². The Bertz CT molecular complexity index is 630. The fourth-order valence-electron chi connectivity index (χ4n) is 3.78. The highest BCUT2D eigenvalue weighted by atomic mass is 16.8. The van der Waals surface area contributed by atoms with Crippen molar-refractivity contribution in [3.8, 4) is 0 Å². The van der Waals surface area contributed by atoms with Crippen LogP contribution < -0.4 is 0 Å². The van der Waals surface area contributed by atoms with Gasteiger partial charge in [-0.1, -0.05) is 6.08 Å². The summed E-state index contributed by atoms with van der Waals surface area (Å²) in [4.78, 5) is 12.2. The molecule has 3 rings (SSSR count). The first-order valence-corrected chi connectivity index (χ1v) is 9.66. The monoisotopic (exact) mass is 432 g/mol. The van der Waals surface area contributed by atoms with E-state index in [1.54, 1.807) is 0 Å². The van der Waals surface area contributed by atoms with Gasteiger partial charge in [-0.25, -0.2) is 4.79 Å². The molecule has 0 spiro atoms. The highest BCUT2D eigenvalue weighted by Crippen LogP contribution is 2.38. The van der Waals surface area contributed by atoms with Gasteiger partial charge >= 0.3 is 5.97 Å². The van der Waals surface area contributed by atoms with Gasteiger partial charge < -0.3 is 48.8 Å². The summed E-state index contributed by atoms with van der Waals surface area (Å²) in [6.07, 6.45) is -5.77. The lowest BCUT2D eigenvalue weighted by Gasteiger charge is -2.43. The number of aliphatic hydroxyl groups excluding tert-OH is 4. The third-order valence-electron chi connectivity index (χ3n) is 5.45. The van der Waals surface area contributed by atoms with E-state index in [9.17, 15) is 25.2 Å². The second-order valence-electron chi connectivity index (χ2n) is 7.23. The Kier molecular flexibility index (Phi) is 7.82. The second-order valence-corrected chi connectivity index (χ2v) is 7.23. The first-order valence-electron chi connectivity index (χ1n) is 9.66. The van der Waals surface area contributed by atoms with Crippen LogP contribution in [-0.4, -0.2) is 96.6 Å². The molecule has 2 saturated heterocycles. The van der Waals surface area contributed by atoms with Gasteiger partial charge in [-0.05, 0) is 0 Å². The molecule has 30 heavy (non-hydrogen) atoms. The van der Waals surface area contributed by atoms with Crippen LogP contribution in [0, 0.1) is 11.8 Å². The van der Waals surface area contributed by atoms with E-state index < -0.39 is 67.7 Å². The molecule has 0 aromatic carbocycles. The zero-order chi connectivity index (χ0) is 21.8. The molecule has 0 saturated carbocycles. The van der Waals surface area contributed by atoms with Crippen LogP contribution in [-0.2, 0) is 33.2 Å². The van der Waals surface area contributed by atoms with E-state index in [-0.39, 0.29) is 5.57 Å². The van der Waals surface area contributed by atoms with Gasteiger partial charge in [0.2, 0.25) is 6.29 Å². The van der Waals surface area contributed by atoms with Gasteiger partial charge in [-0.2, -0.15) is 0 Å². The quantitative estimate of drug-likeness (QED) is 0.272. The summed E-state index contributed by atoms with van der Waals surface area (Å²) in [5.74, 6) is -1.68. The Morgan fingerprint density at radius 1 is 1.20 bits per heavy atom. The van der Waals surface area contributed by atoms with Gasteiger partial charge in [0, 0.05) is 18.3 Å². The maximum atomic E-state index is 12.2. The minimum absolute atomic E-state index is 0.246. The van der Waals surface area contributed by atoms with E-state index in [4.69, 9.17) is 28.4 Å². The molecule has 170 valence electrons. The first kappa shape index (κ1) is 23.1. The summed E-state index contributed by atoms with van der Waals surface area (Å²) >= 11 is 0. The Hall–Kier alpha value is -1.57. The Morgan fingerprint density at radius 3 is 2.50 bits per heavy atom. The van der Waals surface area contributed by atoms with E-state index in [2.05, 4.69) is 6.58 Å². The normalized spacial score (nSPS) is 39.8. The standard InChI is InChI=1S/C19H28O11/c1-3-9-10(6-13-26-4-5-27-13)11(17(24)25-2)8-28-18(9)30-19-16(23)15(22)14(21)12(7-20)29-19/h3,8-10,12-16,18-23H,1,4-7H2,2H3/t9-,10+,12-,14-,15+,16-,18+,19+/m1/s1. The Balaban J connectivity index is 1.79. The van der Waals surface area contributed by atoms with Crippen LogP contribution >= 0.6 is 0 Å². The summed E-state index contributed by atoms with van der Waals surface area (Å²) in [5.41, 5.74) is 0.246. The number of rotatable bonds is 7. The molecule has 0 bridgehead atoms. The van der Waals surface area contributed by atoms with Crippen LogP contribution in [0.5, 0.6) is 0 Å². The van der Waals surface area contributed by atoms with Crippen molar-refractivity contribution in [1.82, 2.24) is 0 Å². The van der Waals surface area contributed by atoms with Gasteiger partial charge in [0.25, 0.3) is 0 Å². The smallest absolute Gasteiger partial charge is 0.337 e. The number of hydrogen-bond acceptors (Lipinski definition) is 11. The van der Waals surface area contributed by atoms with Crippen LogP contribution in [0.25, 0.3) is 0 Å². The fraction of sp³-hybridized carbons (Fsp3) is 0.737. The predicted octanol–water partition coefficient (Wildman–Crippen LogP) is -1.60. The van der Waals surface area contributed by atoms with E-state index in [0.29, 0.717) is 19.6 Å². The Morgan fingerprint density at radius 2 is 1.90 bits per heavy atom. The lowest BCUT2D eigenvalue weighted by Crippen LogP contribution is -2.60. The number of methoxy groups -OCH3 is 1. The maximum Gasteiger partial charge on any atom is 0.337 e. The first-order chi connectivity index (χ1) is 14.4. The van der Waals surface area contributed by atoms with E-state index in [0.717, 1.165) is 0 Å². The Labute approximate surface area is 173 Å². The molecule has 11 nitrogen and oxygen atoms in total. The molecule has 0 unspecified atom stereocenters. The van der Waals surface area contributed by atoms with Crippen molar-refractivity contribution in [3.05, 3.63) is 24.5 Å². The third kappa shape index (κ3) is 4.68. The third-order valence-corrected chi connectivity index (χ3v) is 5.45. The zero-order valence-corrected chi connectivity index (χ0v) is 16.5. The highest BCUT2D eigenvalue weighted by molar-refractivity contribution is 5.88. The molecule has 0 amide bonds. The molecule has 3 aliphatic heterocycles. The van der Waals surface area contributed by atoms with E-state index in [1.165, 1.54) is 19.4 Å². The van der Waals surface area contributed by atoms with Gasteiger partial charge in [-0.3, -0.25) is 0 Å². The molecule has 0 aliphatic carbocycles. The van der Waals surface area contributed by atoms with Crippen LogP contribution in [0.2, 0.25) is 0 Å². The van der Waals surface area contributed by atoms with Crippen molar-refractivity contribution < 1.29 is 53.6 Å². The van der Waals surface area contributed by atoms with Crippen LogP contribution in [0.3, 0.4) is 0 Å². The van der Waals surface area contributed by atoms with Gasteiger partial charge in [0.05, 0.1) is 38.8 Å². The maximum absolute atomic E-state index is 12.2. The summed E-state index contributed by atoms with van der Waals surface area (Å²) in [5, 5.41) is 39.5. The van der Waals surface area contributed by atoms with Crippen LogP contribution in [0.1, 0.15) is 6.42 Å². The number of ether oxygens (including phenoxy) is 6. The number of esters is 1. The SMILES string of the molecule is C=C[C@H]1[C@H](O[C@@H]2O[C@H](CO)[C@@H](O)[C@H](O)[C@H]2O)OC=C(C(=O)OC)[C@H]1CC1OCCO1. The number of carbonyl (C=O) groups is 1. The molecule has 0 radical (unpaired) electrons. The fourth-order valence-corrected chi connectivity index (χ4v) is 3.78. The lowest BCUT2D eigenvalue weighted by molar-refractivity contribution is -0.339. The lowest BCUT2D eigenvalue weighted by atomic mass is 9.81. The van der Waals surface area contributed by atoms with Crippen molar-refractivity contribution >= 4 is 5.97 Å². The van der Waals surface area contributed by atoms with Gasteiger partial charge in [0.15, 0.2) is 12.6 Å². The minimum Gasteiger partial charge on any atom is -0.471 e. The minimum atomic E-state index is -1.59. The van der Waals surface area contributed by atoms with Crippen LogP contribution in [0.4, 0.5) is 0 Å². The van der Waals surface area contributed by atoms with E-state index >= 15 is 0 Å². The number of aliphatic hydroxyl groups is 4. The molecule has 3 aliphatic rings. The summed E-state index contributed by atoms with van der Waals surface area (Å²) < 4.78 is 32.5. The highest BCUT2D eigenvalue weighted by Gasteiger charge is 2.48. The van der Waals surface area contributed by atoms with Crippen LogP contribution in [0.15, 0.2) is 24.5 Å². The molecule has 11 heteroatoms. The van der Waals surface area contributed by atoms with E-state index in [1.807, 2.05) is 0 Å². The zero-order valence-electron chi connectivity index (χ0n) is 16.5. The van der Waals surface area contributed by atoms with Crippen molar-refractivity contribution in [2.24, 2.45) is 11.8 Å². The molecular weight excluding hydrogens is 404 g/mol. The average molecular weight is 432 g/mol. The molecule has 4 N–H and O–H groups in total. The van der Waals surface area contributed by atoms with Crippen molar-refractivity contribution in [2.75, 3.05) is 26.9 Å². The second kappa shape index (κ2) is 10.2. The molecule has 2 fully saturated rings. The summed E-state index contributed by atoms with van der Waals surface area (Å²) in [6.45, 7) is 4.08. The summed E-state index contributed by atoms with van der Waals surface area (Å²) in [6, 6.07) is 0. The number of carbonyl (C=O) groups excluding carboxylic acids is 1. The molecule has 8 atom stereocenters. The molecule has 0 aromatic heterocycles. The van der Waals surface area contributed by atoms with Crippen molar-refractivity contribution in [2.45, 2.75) is 49.7 Å². The largest absolute Gasteiger partial charge is 0.471 e.